The third-order valence-corrected chi connectivity index (χ3v) is 2.82. The minimum atomic E-state index is -2.73. The molecule has 0 aliphatic rings. The van der Waals surface area contributed by atoms with Crippen LogP contribution in [0.3, 0.4) is 0 Å². The molecule has 1 aromatic rings. The monoisotopic (exact) mass is 327 g/mol. The van der Waals surface area contributed by atoms with Gasteiger partial charge in [0.25, 0.3) is 6.43 Å². The van der Waals surface area contributed by atoms with Gasteiger partial charge in [0.1, 0.15) is 5.69 Å². The van der Waals surface area contributed by atoms with Crippen LogP contribution in [0.2, 0.25) is 5.02 Å². The van der Waals surface area contributed by atoms with Crippen molar-refractivity contribution < 1.29 is 18.3 Å². The number of hydrogen-bond acceptors (Lipinski definition) is 3. The molecule has 0 saturated carbocycles. The van der Waals surface area contributed by atoms with Crippen LogP contribution in [0.5, 0.6) is 0 Å². The third-order valence-electron chi connectivity index (χ3n) is 1.85. The summed E-state index contributed by atoms with van der Waals surface area (Å²) >= 11 is 8.74. The first-order chi connectivity index (χ1) is 7.95. The van der Waals surface area contributed by atoms with E-state index in [9.17, 15) is 13.6 Å². The Morgan fingerprint density at radius 2 is 2.29 bits per heavy atom. The average Bonchev–Trinajstić information content (AvgIpc) is 2.21. The fraction of sp³-hybridized carbons (Fsp3) is 0.400. The van der Waals surface area contributed by atoms with E-state index >= 15 is 0 Å². The van der Waals surface area contributed by atoms with E-state index < -0.39 is 18.1 Å². The summed E-state index contributed by atoms with van der Waals surface area (Å²) in [4.78, 5) is 14.9. The molecule has 0 N–H and O–H groups in total. The number of aromatic nitrogens is 1. The standard InChI is InChI=1S/C10H9BrClF2NO2/c1-2-17-8(16)4-7-6(12)3-5(11)9(15-7)10(13)14/h3,10H,2,4H2,1H3. The molecule has 0 atom stereocenters. The van der Waals surface area contributed by atoms with E-state index in [1.54, 1.807) is 6.92 Å². The van der Waals surface area contributed by atoms with E-state index in [1.807, 2.05) is 0 Å². The first-order valence-electron chi connectivity index (χ1n) is 4.74. The van der Waals surface area contributed by atoms with Crippen LogP contribution in [0.4, 0.5) is 8.78 Å². The molecule has 0 radical (unpaired) electrons. The lowest BCUT2D eigenvalue weighted by Gasteiger charge is -2.08. The van der Waals surface area contributed by atoms with Gasteiger partial charge in [-0.05, 0) is 28.9 Å². The molecule has 3 nitrogen and oxygen atoms in total. The molecule has 94 valence electrons. The number of carbonyl (C=O) groups is 1. The smallest absolute Gasteiger partial charge is 0.311 e. The summed E-state index contributed by atoms with van der Waals surface area (Å²) in [6.45, 7) is 1.87. The highest BCUT2D eigenvalue weighted by molar-refractivity contribution is 9.10. The predicted molar refractivity (Wildman–Crippen MR) is 62.2 cm³/mol. The second kappa shape index (κ2) is 6.26. The Morgan fingerprint density at radius 3 is 2.82 bits per heavy atom. The molecule has 0 aliphatic carbocycles. The molecule has 0 amide bonds. The van der Waals surface area contributed by atoms with Crippen LogP contribution in [0, 0.1) is 0 Å². The molecule has 7 heteroatoms. The molecule has 0 saturated heterocycles. The van der Waals surface area contributed by atoms with Crippen LogP contribution < -0.4 is 0 Å². The number of hydrogen-bond donors (Lipinski definition) is 0. The zero-order valence-electron chi connectivity index (χ0n) is 8.84. The first kappa shape index (κ1) is 14.3. The first-order valence-corrected chi connectivity index (χ1v) is 5.91. The number of carbonyl (C=O) groups excluding carboxylic acids is 1. The minimum Gasteiger partial charge on any atom is -0.466 e. The zero-order chi connectivity index (χ0) is 13.0. The molecule has 17 heavy (non-hydrogen) atoms. The van der Waals surface area contributed by atoms with Crippen LogP contribution in [0.1, 0.15) is 24.7 Å². The summed E-state index contributed by atoms with van der Waals surface area (Å²) in [6, 6.07) is 1.30. The van der Waals surface area contributed by atoms with Crippen molar-refractivity contribution in [3.05, 3.63) is 26.9 Å². The minimum absolute atomic E-state index is 0.0867. The Balaban J connectivity index is 2.99. The van der Waals surface area contributed by atoms with Crippen molar-refractivity contribution in [2.75, 3.05) is 6.61 Å². The van der Waals surface area contributed by atoms with Crippen molar-refractivity contribution in [3.63, 3.8) is 0 Å². The highest BCUT2D eigenvalue weighted by atomic mass is 79.9. The summed E-state index contributed by atoms with van der Waals surface area (Å²) in [7, 11) is 0. The summed E-state index contributed by atoms with van der Waals surface area (Å²) in [6.07, 6.45) is -2.96. The fourth-order valence-electron chi connectivity index (χ4n) is 1.15. The van der Waals surface area contributed by atoms with Crippen molar-refractivity contribution in [2.45, 2.75) is 19.8 Å². The molecule has 0 spiro atoms. The summed E-state index contributed by atoms with van der Waals surface area (Å²) in [5.41, 5.74) is -0.350. The molecule has 0 aromatic carbocycles. The summed E-state index contributed by atoms with van der Waals surface area (Å²) < 4.78 is 30.0. The largest absolute Gasteiger partial charge is 0.466 e. The normalized spacial score (nSPS) is 10.7. The Morgan fingerprint density at radius 1 is 1.65 bits per heavy atom. The number of rotatable bonds is 4. The Kier molecular flexibility index (Phi) is 5.27. The quantitative estimate of drug-likeness (QED) is 0.794. The van der Waals surface area contributed by atoms with Crippen LogP contribution in [-0.2, 0) is 16.0 Å². The second-order valence-electron chi connectivity index (χ2n) is 3.07. The van der Waals surface area contributed by atoms with Gasteiger partial charge in [-0.15, -0.1) is 0 Å². The number of halogens is 4. The molecule has 0 fully saturated rings. The topological polar surface area (TPSA) is 39.2 Å². The van der Waals surface area contributed by atoms with Crippen molar-refractivity contribution in [3.8, 4) is 0 Å². The van der Waals surface area contributed by atoms with Crippen molar-refractivity contribution in [2.24, 2.45) is 0 Å². The van der Waals surface area contributed by atoms with Crippen LogP contribution in [0.15, 0.2) is 10.5 Å². The van der Waals surface area contributed by atoms with Crippen LogP contribution in [-0.4, -0.2) is 17.6 Å². The molecule has 1 rings (SSSR count). The maximum Gasteiger partial charge on any atom is 0.311 e. The maximum absolute atomic E-state index is 12.6. The third kappa shape index (κ3) is 3.89. The van der Waals surface area contributed by atoms with Gasteiger partial charge in [0, 0.05) is 4.47 Å². The molecular formula is C10H9BrClF2NO2. The van der Waals surface area contributed by atoms with E-state index in [-0.39, 0.29) is 28.2 Å². The Bertz CT molecular complexity index is 429. The van der Waals surface area contributed by atoms with E-state index in [4.69, 9.17) is 16.3 Å². The fourth-order valence-corrected chi connectivity index (χ4v) is 1.99. The van der Waals surface area contributed by atoms with Gasteiger partial charge in [0.2, 0.25) is 0 Å². The van der Waals surface area contributed by atoms with Gasteiger partial charge in [-0.25, -0.2) is 13.8 Å². The van der Waals surface area contributed by atoms with Crippen molar-refractivity contribution in [1.29, 1.82) is 0 Å². The van der Waals surface area contributed by atoms with E-state index in [0.29, 0.717) is 0 Å². The van der Waals surface area contributed by atoms with Crippen molar-refractivity contribution in [1.82, 2.24) is 4.98 Å². The van der Waals surface area contributed by atoms with Crippen LogP contribution in [0.25, 0.3) is 0 Å². The second-order valence-corrected chi connectivity index (χ2v) is 4.33. The molecule has 0 unspecified atom stereocenters. The number of pyridine rings is 1. The molecule has 0 bridgehead atoms. The molecule has 0 aliphatic heterocycles. The highest BCUT2D eigenvalue weighted by Crippen LogP contribution is 2.29. The lowest BCUT2D eigenvalue weighted by Crippen LogP contribution is -2.10. The number of esters is 1. The Hall–Kier alpha value is -0.750. The van der Waals surface area contributed by atoms with Gasteiger partial charge in [0.15, 0.2) is 0 Å². The average molecular weight is 329 g/mol. The number of alkyl halides is 2. The van der Waals surface area contributed by atoms with E-state index in [2.05, 4.69) is 20.9 Å². The molecule has 1 heterocycles. The predicted octanol–water partition coefficient (Wildman–Crippen LogP) is 3.54. The summed E-state index contributed by atoms with van der Waals surface area (Å²) in [5.74, 6) is -0.551. The zero-order valence-corrected chi connectivity index (χ0v) is 11.2. The van der Waals surface area contributed by atoms with Gasteiger partial charge in [-0.3, -0.25) is 4.79 Å². The number of nitrogens with zero attached hydrogens (tertiary/aromatic N) is 1. The Labute approximate surface area is 110 Å². The van der Waals surface area contributed by atoms with Gasteiger partial charge in [-0.1, -0.05) is 11.6 Å². The molecular weight excluding hydrogens is 319 g/mol. The van der Waals surface area contributed by atoms with E-state index in [1.165, 1.54) is 6.07 Å². The van der Waals surface area contributed by atoms with Crippen molar-refractivity contribution >= 4 is 33.5 Å². The van der Waals surface area contributed by atoms with Gasteiger partial charge in [-0.2, -0.15) is 0 Å². The SMILES string of the molecule is CCOC(=O)Cc1nc(C(F)F)c(Br)cc1Cl. The van der Waals surface area contributed by atoms with Gasteiger partial charge >= 0.3 is 5.97 Å². The van der Waals surface area contributed by atoms with Gasteiger partial charge < -0.3 is 4.74 Å². The number of ether oxygens (including phenoxy) is 1. The lowest BCUT2D eigenvalue weighted by molar-refractivity contribution is -0.142. The van der Waals surface area contributed by atoms with E-state index in [0.717, 1.165) is 0 Å². The van der Waals surface area contributed by atoms with Gasteiger partial charge in [0.05, 0.1) is 23.7 Å². The highest BCUT2D eigenvalue weighted by Gasteiger charge is 2.18. The maximum atomic E-state index is 12.6. The molecule has 1 aromatic heterocycles. The summed E-state index contributed by atoms with van der Waals surface area (Å²) in [5, 5.41) is 0.148. The lowest BCUT2D eigenvalue weighted by atomic mass is 10.2. The van der Waals surface area contributed by atoms with Crippen LogP contribution >= 0.6 is 27.5 Å².